The van der Waals surface area contributed by atoms with Crippen LogP contribution in [-0.2, 0) is 9.59 Å². The molecule has 1 unspecified atom stereocenters. The van der Waals surface area contributed by atoms with Crippen LogP contribution in [0.5, 0.6) is 0 Å². The first-order valence-corrected chi connectivity index (χ1v) is 6.63. The molecule has 110 valence electrons. The van der Waals surface area contributed by atoms with Crippen molar-refractivity contribution in [2.45, 2.75) is 33.3 Å². The summed E-state index contributed by atoms with van der Waals surface area (Å²) < 4.78 is 0. The van der Waals surface area contributed by atoms with Crippen LogP contribution >= 0.6 is 0 Å². The number of hydrogen-bond donors (Lipinski definition) is 3. The van der Waals surface area contributed by atoms with Crippen LogP contribution in [0.1, 0.15) is 27.2 Å². The third-order valence-electron chi connectivity index (χ3n) is 2.94. The highest BCUT2D eigenvalue weighted by Crippen LogP contribution is 2.20. The highest BCUT2D eigenvalue weighted by Gasteiger charge is 2.22. The maximum absolute atomic E-state index is 11.6. The topological polar surface area (TPSA) is 78.4 Å². The number of nitrogens with one attached hydrogen (secondary N) is 2. The first-order valence-electron chi connectivity index (χ1n) is 6.63. The Morgan fingerprint density at radius 2 is 1.75 bits per heavy atom. The van der Waals surface area contributed by atoms with E-state index in [1.54, 1.807) is 24.3 Å². The van der Waals surface area contributed by atoms with Crippen LogP contribution in [0.15, 0.2) is 30.3 Å². The highest BCUT2D eigenvalue weighted by atomic mass is 16.3. The molecule has 1 rings (SSSR count). The summed E-state index contributed by atoms with van der Waals surface area (Å²) in [5.41, 5.74) is 0.333. The molecule has 0 radical (unpaired) electrons. The van der Waals surface area contributed by atoms with Gasteiger partial charge < -0.3 is 15.7 Å². The van der Waals surface area contributed by atoms with Gasteiger partial charge in [-0.15, -0.1) is 0 Å². The molecule has 1 aromatic carbocycles. The second-order valence-electron chi connectivity index (χ2n) is 5.75. The van der Waals surface area contributed by atoms with E-state index < -0.39 is 17.9 Å². The lowest BCUT2D eigenvalue weighted by atomic mass is 9.87. The van der Waals surface area contributed by atoms with Crippen molar-refractivity contribution >= 4 is 17.5 Å². The van der Waals surface area contributed by atoms with Crippen molar-refractivity contribution in [2.24, 2.45) is 5.41 Å². The highest BCUT2D eigenvalue weighted by molar-refractivity contribution is 6.39. The molecule has 5 nitrogen and oxygen atoms in total. The summed E-state index contributed by atoms with van der Waals surface area (Å²) in [5.74, 6) is -1.41. The SMILES string of the molecule is CC(C)(C)C(O)CCNC(=O)C(=O)Nc1ccccc1. The zero-order valence-corrected chi connectivity index (χ0v) is 12.1. The Hall–Kier alpha value is -1.88. The molecule has 0 bridgehead atoms. The zero-order chi connectivity index (χ0) is 15.2. The molecule has 0 saturated carbocycles. The van der Waals surface area contributed by atoms with E-state index >= 15 is 0 Å². The minimum atomic E-state index is -0.707. The van der Waals surface area contributed by atoms with E-state index in [1.807, 2.05) is 26.8 Å². The third kappa shape index (κ3) is 5.40. The number of carbonyl (C=O) groups is 2. The summed E-state index contributed by atoms with van der Waals surface area (Å²) in [6.45, 7) is 6.02. The van der Waals surface area contributed by atoms with E-state index in [-0.39, 0.29) is 12.0 Å². The first kappa shape index (κ1) is 16.2. The number of rotatable bonds is 4. The summed E-state index contributed by atoms with van der Waals surface area (Å²) in [6, 6.07) is 8.77. The van der Waals surface area contributed by atoms with Gasteiger partial charge in [-0.05, 0) is 24.0 Å². The van der Waals surface area contributed by atoms with Crippen molar-refractivity contribution in [2.75, 3.05) is 11.9 Å². The summed E-state index contributed by atoms with van der Waals surface area (Å²) in [7, 11) is 0. The second-order valence-corrected chi connectivity index (χ2v) is 5.75. The van der Waals surface area contributed by atoms with Crippen LogP contribution in [0.3, 0.4) is 0 Å². The second kappa shape index (κ2) is 7.05. The summed E-state index contributed by atoms with van der Waals surface area (Å²) >= 11 is 0. The number of hydrogen-bond acceptors (Lipinski definition) is 3. The Labute approximate surface area is 119 Å². The fourth-order valence-electron chi connectivity index (χ4n) is 1.55. The molecular formula is C15H22N2O3. The van der Waals surface area contributed by atoms with Gasteiger partial charge in [0.2, 0.25) is 0 Å². The quantitative estimate of drug-likeness (QED) is 0.731. The Balaban J connectivity index is 2.34. The molecule has 5 heteroatoms. The van der Waals surface area contributed by atoms with E-state index in [0.29, 0.717) is 12.1 Å². The molecule has 0 saturated heterocycles. The van der Waals surface area contributed by atoms with Crippen molar-refractivity contribution in [1.82, 2.24) is 5.32 Å². The Kier molecular flexibility index (Phi) is 5.70. The van der Waals surface area contributed by atoms with E-state index in [4.69, 9.17) is 0 Å². The lowest BCUT2D eigenvalue weighted by Crippen LogP contribution is -2.38. The fraction of sp³-hybridized carbons (Fsp3) is 0.467. The Morgan fingerprint density at radius 3 is 2.30 bits per heavy atom. The van der Waals surface area contributed by atoms with Crippen molar-refractivity contribution in [3.8, 4) is 0 Å². The van der Waals surface area contributed by atoms with Gasteiger partial charge >= 0.3 is 11.8 Å². The molecule has 0 aromatic heterocycles. The lowest BCUT2D eigenvalue weighted by molar-refractivity contribution is -0.136. The predicted molar refractivity (Wildman–Crippen MR) is 78.2 cm³/mol. The van der Waals surface area contributed by atoms with E-state index in [1.165, 1.54) is 0 Å². The molecule has 2 amide bonds. The summed E-state index contributed by atoms with van der Waals surface area (Å²) in [5, 5.41) is 14.8. The van der Waals surface area contributed by atoms with Gasteiger partial charge in [-0.3, -0.25) is 9.59 Å². The standard InChI is InChI=1S/C15H22N2O3/c1-15(2,3)12(18)9-10-16-13(19)14(20)17-11-7-5-4-6-8-11/h4-8,12,18H,9-10H2,1-3H3,(H,16,19)(H,17,20). The molecule has 1 aromatic rings. The molecule has 0 aliphatic carbocycles. The zero-order valence-electron chi connectivity index (χ0n) is 12.1. The van der Waals surface area contributed by atoms with Gasteiger partial charge in [0.1, 0.15) is 0 Å². The van der Waals surface area contributed by atoms with E-state index in [0.717, 1.165) is 0 Å². The van der Waals surface area contributed by atoms with E-state index in [2.05, 4.69) is 10.6 Å². The Morgan fingerprint density at radius 1 is 1.15 bits per heavy atom. The maximum Gasteiger partial charge on any atom is 0.313 e. The number of anilines is 1. The van der Waals surface area contributed by atoms with Crippen LogP contribution in [0.25, 0.3) is 0 Å². The van der Waals surface area contributed by atoms with Gasteiger partial charge in [-0.2, -0.15) is 0 Å². The third-order valence-corrected chi connectivity index (χ3v) is 2.94. The smallest absolute Gasteiger partial charge is 0.313 e. The minimum absolute atomic E-state index is 0.239. The van der Waals surface area contributed by atoms with Gasteiger partial charge in [-0.1, -0.05) is 39.0 Å². The molecule has 0 heterocycles. The fourth-order valence-corrected chi connectivity index (χ4v) is 1.55. The normalized spacial score (nSPS) is 12.6. The molecule has 20 heavy (non-hydrogen) atoms. The maximum atomic E-state index is 11.6. The van der Waals surface area contributed by atoms with Gasteiger partial charge in [-0.25, -0.2) is 0 Å². The minimum Gasteiger partial charge on any atom is -0.393 e. The Bertz CT molecular complexity index is 452. The van der Waals surface area contributed by atoms with Crippen molar-refractivity contribution in [3.05, 3.63) is 30.3 Å². The number of amides is 2. The van der Waals surface area contributed by atoms with Crippen molar-refractivity contribution in [1.29, 1.82) is 0 Å². The average Bonchev–Trinajstić information content (AvgIpc) is 2.38. The molecular weight excluding hydrogens is 256 g/mol. The monoisotopic (exact) mass is 278 g/mol. The first-order chi connectivity index (χ1) is 9.30. The van der Waals surface area contributed by atoms with Gasteiger partial charge in [0, 0.05) is 12.2 Å². The number of aliphatic hydroxyl groups is 1. The van der Waals surface area contributed by atoms with Crippen LogP contribution in [-0.4, -0.2) is 29.6 Å². The van der Waals surface area contributed by atoms with Crippen LogP contribution in [0.2, 0.25) is 0 Å². The van der Waals surface area contributed by atoms with Crippen LogP contribution in [0.4, 0.5) is 5.69 Å². The largest absolute Gasteiger partial charge is 0.393 e. The molecule has 0 aliphatic heterocycles. The summed E-state index contributed by atoms with van der Waals surface area (Å²) in [6.07, 6.45) is -0.117. The molecule has 0 spiro atoms. The van der Waals surface area contributed by atoms with Gasteiger partial charge in [0.05, 0.1) is 6.10 Å². The number of carbonyl (C=O) groups excluding carboxylic acids is 2. The molecule has 0 fully saturated rings. The molecule has 1 atom stereocenters. The predicted octanol–water partition coefficient (Wildman–Crippen LogP) is 1.54. The van der Waals surface area contributed by atoms with Gasteiger partial charge in [0.15, 0.2) is 0 Å². The lowest BCUT2D eigenvalue weighted by Gasteiger charge is -2.25. The van der Waals surface area contributed by atoms with E-state index in [9.17, 15) is 14.7 Å². The van der Waals surface area contributed by atoms with Crippen LogP contribution < -0.4 is 10.6 Å². The van der Waals surface area contributed by atoms with Gasteiger partial charge in [0.25, 0.3) is 0 Å². The average molecular weight is 278 g/mol. The number of para-hydroxylation sites is 1. The van der Waals surface area contributed by atoms with Crippen LogP contribution in [0, 0.1) is 5.41 Å². The molecule has 3 N–H and O–H groups in total. The summed E-state index contributed by atoms with van der Waals surface area (Å²) in [4.78, 5) is 23.2. The number of benzene rings is 1. The number of aliphatic hydroxyl groups excluding tert-OH is 1. The van der Waals surface area contributed by atoms with Crippen molar-refractivity contribution < 1.29 is 14.7 Å². The van der Waals surface area contributed by atoms with Crippen molar-refractivity contribution in [3.63, 3.8) is 0 Å². The molecule has 0 aliphatic rings.